The average molecular weight is 615 g/mol. The van der Waals surface area contributed by atoms with Gasteiger partial charge < -0.3 is 30.3 Å². The van der Waals surface area contributed by atoms with Gasteiger partial charge in [-0.15, -0.1) is 0 Å². The Morgan fingerprint density at radius 1 is 1.07 bits per heavy atom. The molecule has 4 amide bonds. The Balaban J connectivity index is 1.83. The van der Waals surface area contributed by atoms with E-state index in [-0.39, 0.29) is 36.8 Å². The average Bonchev–Trinajstić information content (AvgIpc) is 3.63. The fraction of sp³-hybridized carbons (Fsp3) is 0.625. The van der Waals surface area contributed by atoms with Crippen molar-refractivity contribution in [2.75, 3.05) is 26.8 Å². The highest BCUT2D eigenvalue weighted by molar-refractivity contribution is 6.45. The number of benzene rings is 1. The summed E-state index contributed by atoms with van der Waals surface area (Å²) >= 11 is 0. The Morgan fingerprint density at radius 2 is 1.75 bits per heavy atom. The second kappa shape index (κ2) is 15.3. The van der Waals surface area contributed by atoms with Crippen LogP contribution in [0.3, 0.4) is 0 Å². The van der Waals surface area contributed by atoms with E-state index >= 15 is 0 Å². The summed E-state index contributed by atoms with van der Waals surface area (Å²) in [7, 11) is 1.47. The molecule has 5 atom stereocenters. The number of nitrogens with one attached hydrogen (secondary N) is 3. The topological polar surface area (TPSA) is 160 Å². The van der Waals surface area contributed by atoms with Crippen LogP contribution in [0.25, 0.3) is 0 Å². The van der Waals surface area contributed by atoms with Gasteiger partial charge in [0.25, 0.3) is 0 Å². The lowest BCUT2D eigenvalue weighted by atomic mass is 9.85. The molecule has 2 aliphatic heterocycles. The Hall–Kier alpha value is -3.80. The Kier molecular flexibility index (Phi) is 12.0. The summed E-state index contributed by atoms with van der Waals surface area (Å²) in [4.78, 5) is 80.7. The van der Waals surface area contributed by atoms with E-state index in [0.717, 1.165) is 0 Å². The summed E-state index contributed by atoms with van der Waals surface area (Å²) in [5.74, 6) is -3.60. The van der Waals surface area contributed by atoms with Crippen molar-refractivity contribution in [1.82, 2.24) is 20.9 Å². The molecule has 0 aromatic heterocycles. The number of carbonyl (C=O) groups excluding carboxylic acids is 6. The standard InChI is InChI=1S/C32H46N4O8/c1-19(2)16-24(36(6)30(41)27(32(3,4)5)35-31(42)44-22-13-15-43-18-22)29(40)34-23(17-21-12-14-33-28(21)39)26(38)25(37)20-10-8-7-9-11-20/h7-11,19,21-24,27H,12-18H2,1-6H3,(H,33,39)(H,34,40)(H,35,42)/t21?,22?,23?,24-,27+/m0/s1. The summed E-state index contributed by atoms with van der Waals surface area (Å²) in [6.07, 6.45) is 0.0574. The van der Waals surface area contributed by atoms with Gasteiger partial charge in [-0.05, 0) is 30.6 Å². The number of likely N-dealkylation sites (N-methyl/N-ethyl adjacent to an activating group) is 1. The van der Waals surface area contributed by atoms with Gasteiger partial charge in [0.1, 0.15) is 18.2 Å². The van der Waals surface area contributed by atoms with E-state index < -0.39 is 65.0 Å². The molecule has 0 spiro atoms. The summed E-state index contributed by atoms with van der Waals surface area (Å²) < 4.78 is 10.7. The molecule has 242 valence electrons. The van der Waals surface area contributed by atoms with Crippen LogP contribution in [0.1, 0.15) is 70.7 Å². The lowest BCUT2D eigenvalue weighted by Gasteiger charge is -2.37. The van der Waals surface area contributed by atoms with Gasteiger partial charge in [0.05, 0.1) is 19.3 Å². The van der Waals surface area contributed by atoms with Crippen molar-refractivity contribution in [1.29, 1.82) is 0 Å². The van der Waals surface area contributed by atoms with Crippen LogP contribution in [0.5, 0.6) is 0 Å². The van der Waals surface area contributed by atoms with Crippen LogP contribution in [0, 0.1) is 17.3 Å². The number of hydrogen-bond acceptors (Lipinski definition) is 8. The van der Waals surface area contributed by atoms with E-state index in [9.17, 15) is 28.8 Å². The minimum absolute atomic E-state index is 0.0323. The first-order chi connectivity index (χ1) is 20.7. The third kappa shape index (κ3) is 9.35. The van der Waals surface area contributed by atoms with Crippen molar-refractivity contribution >= 4 is 35.4 Å². The molecule has 1 aromatic carbocycles. The Labute approximate surface area is 259 Å². The SMILES string of the molecule is CC(C)C[C@@H](C(=O)NC(CC1CCNC1=O)C(=O)C(=O)c1ccccc1)N(C)C(=O)[C@@H](NC(=O)OC1CCOC1)C(C)(C)C. The zero-order valence-electron chi connectivity index (χ0n) is 26.5. The summed E-state index contributed by atoms with van der Waals surface area (Å²) in [6.45, 7) is 10.4. The smallest absolute Gasteiger partial charge is 0.408 e. The number of hydrogen-bond donors (Lipinski definition) is 3. The van der Waals surface area contributed by atoms with E-state index in [2.05, 4.69) is 16.0 Å². The van der Waals surface area contributed by atoms with Crippen LogP contribution in [0.15, 0.2) is 30.3 Å². The molecular weight excluding hydrogens is 568 g/mol. The molecule has 0 radical (unpaired) electrons. The zero-order valence-corrected chi connectivity index (χ0v) is 26.5. The number of Topliss-reactive ketones (excluding diaryl/α,β-unsaturated/α-hetero) is 2. The van der Waals surface area contributed by atoms with Gasteiger partial charge in [0.2, 0.25) is 29.3 Å². The molecule has 0 aliphatic carbocycles. The highest BCUT2D eigenvalue weighted by atomic mass is 16.6. The van der Waals surface area contributed by atoms with E-state index in [1.807, 2.05) is 13.8 Å². The van der Waals surface area contributed by atoms with Gasteiger partial charge in [0, 0.05) is 31.5 Å². The largest absolute Gasteiger partial charge is 0.444 e. The lowest BCUT2D eigenvalue weighted by Crippen LogP contribution is -2.60. The molecule has 3 unspecified atom stereocenters. The predicted octanol–water partition coefficient (Wildman–Crippen LogP) is 2.25. The van der Waals surface area contributed by atoms with Crippen LogP contribution in [-0.4, -0.2) is 91.3 Å². The van der Waals surface area contributed by atoms with Crippen LogP contribution >= 0.6 is 0 Å². The summed E-state index contributed by atoms with van der Waals surface area (Å²) in [6, 6.07) is 4.66. The minimum atomic E-state index is -1.28. The first kappa shape index (κ1) is 34.7. The number of alkyl carbamates (subject to hydrolysis) is 1. The summed E-state index contributed by atoms with van der Waals surface area (Å²) in [5, 5.41) is 8.11. The molecule has 1 aromatic rings. The molecule has 3 N–H and O–H groups in total. The van der Waals surface area contributed by atoms with E-state index in [0.29, 0.717) is 26.0 Å². The minimum Gasteiger partial charge on any atom is -0.444 e. The van der Waals surface area contributed by atoms with Crippen molar-refractivity contribution in [2.24, 2.45) is 17.3 Å². The van der Waals surface area contributed by atoms with Crippen molar-refractivity contribution in [2.45, 2.75) is 84.5 Å². The highest BCUT2D eigenvalue weighted by Crippen LogP contribution is 2.24. The van der Waals surface area contributed by atoms with E-state index in [4.69, 9.17) is 9.47 Å². The van der Waals surface area contributed by atoms with Crippen molar-refractivity contribution in [3.63, 3.8) is 0 Å². The number of amides is 4. The van der Waals surface area contributed by atoms with Gasteiger partial charge in [-0.2, -0.15) is 0 Å². The monoisotopic (exact) mass is 614 g/mol. The second-order valence-electron chi connectivity index (χ2n) is 13.1. The number of ether oxygens (including phenoxy) is 2. The maximum absolute atomic E-state index is 13.9. The highest BCUT2D eigenvalue weighted by Gasteiger charge is 2.41. The molecule has 2 fully saturated rings. The van der Waals surface area contributed by atoms with Gasteiger partial charge >= 0.3 is 6.09 Å². The molecule has 0 bridgehead atoms. The quantitative estimate of drug-likeness (QED) is 0.225. The third-order valence-electron chi connectivity index (χ3n) is 7.93. The maximum Gasteiger partial charge on any atom is 0.408 e. The maximum atomic E-state index is 13.9. The van der Waals surface area contributed by atoms with Crippen molar-refractivity contribution in [3.05, 3.63) is 35.9 Å². The molecule has 2 heterocycles. The van der Waals surface area contributed by atoms with Crippen LogP contribution in [-0.2, 0) is 28.7 Å². The van der Waals surface area contributed by atoms with Gasteiger partial charge in [0.15, 0.2) is 0 Å². The van der Waals surface area contributed by atoms with E-state index in [1.54, 1.807) is 39.0 Å². The predicted molar refractivity (Wildman–Crippen MR) is 162 cm³/mol. The third-order valence-corrected chi connectivity index (χ3v) is 7.93. The molecule has 44 heavy (non-hydrogen) atoms. The fourth-order valence-corrected chi connectivity index (χ4v) is 5.35. The van der Waals surface area contributed by atoms with Crippen LogP contribution in [0.4, 0.5) is 4.79 Å². The number of carbonyl (C=O) groups is 6. The molecule has 12 heteroatoms. The number of ketones is 2. The Morgan fingerprint density at radius 3 is 2.30 bits per heavy atom. The first-order valence-corrected chi connectivity index (χ1v) is 15.2. The zero-order chi connectivity index (χ0) is 32.6. The molecule has 12 nitrogen and oxygen atoms in total. The van der Waals surface area contributed by atoms with Crippen LogP contribution < -0.4 is 16.0 Å². The number of nitrogens with zero attached hydrogens (tertiary/aromatic N) is 1. The Bertz CT molecular complexity index is 1210. The molecule has 0 saturated carbocycles. The second-order valence-corrected chi connectivity index (χ2v) is 13.1. The number of rotatable bonds is 13. The fourth-order valence-electron chi connectivity index (χ4n) is 5.35. The normalized spacial score (nSPS) is 20.3. The van der Waals surface area contributed by atoms with Gasteiger partial charge in [-0.3, -0.25) is 24.0 Å². The van der Waals surface area contributed by atoms with Gasteiger partial charge in [-0.25, -0.2) is 4.79 Å². The van der Waals surface area contributed by atoms with E-state index in [1.165, 1.54) is 24.1 Å². The summed E-state index contributed by atoms with van der Waals surface area (Å²) in [5.41, 5.74) is -0.569. The lowest BCUT2D eigenvalue weighted by molar-refractivity contribution is -0.143. The van der Waals surface area contributed by atoms with Crippen LogP contribution in [0.2, 0.25) is 0 Å². The molecule has 2 aliphatic rings. The molecule has 3 rings (SSSR count). The van der Waals surface area contributed by atoms with Crippen molar-refractivity contribution < 1.29 is 38.2 Å². The van der Waals surface area contributed by atoms with Crippen molar-refractivity contribution in [3.8, 4) is 0 Å². The first-order valence-electron chi connectivity index (χ1n) is 15.2. The molecule has 2 saturated heterocycles. The van der Waals surface area contributed by atoms with Gasteiger partial charge in [-0.1, -0.05) is 65.0 Å². The molecular formula is C32H46N4O8.